The topological polar surface area (TPSA) is 66.2 Å². The lowest BCUT2D eigenvalue weighted by atomic mass is 10.1. The smallest absolute Gasteiger partial charge is 0.173 e. The summed E-state index contributed by atoms with van der Waals surface area (Å²) < 4.78 is 1.86. The number of hydrogen-bond donors (Lipinski definition) is 2. The number of hydrogen-bond acceptors (Lipinski definition) is 4. The summed E-state index contributed by atoms with van der Waals surface area (Å²) >= 11 is 5.65. The molecule has 31 heavy (non-hydrogen) atoms. The normalized spacial score (nSPS) is 10.6. The molecule has 2 heterocycles. The molecule has 0 aliphatic carbocycles. The van der Waals surface area contributed by atoms with Crippen molar-refractivity contribution in [2.75, 3.05) is 18.5 Å². The molecule has 0 aliphatic heterocycles. The molecular weight excluding hydrogens is 406 g/mol. The Balaban J connectivity index is 1.66. The van der Waals surface area contributed by atoms with Gasteiger partial charge in [-0.3, -0.25) is 4.98 Å². The van der Waals surface area contributed by atoms with E-state index >= 15 is 0 Å². The van der Waals surface area contributed by atoms with Gasteiger partial charge in [0.15, 0.2) is 5.11 Å². The lowest BCUT2D eigenvalue weighted by Gasteiger charge is -2.25. The molecule has 0 spiro atoms. The fraction of sp³-hybridized carbons (Fsp3) is 0.125. The first-order valence-corrected chi connectivity index (χ1v) is 10.4. The number of rotatable bonds is 7. The third-order valence-electron chi connectivity index (χ3n) is 4.79. The van der Waals surface area contributed by atoms with E-state index in [0.29, 0.717) is 18.2 Å². The van der Waals surface area contributed by atoms with Crippen molar-refractivity contribution in [3.63, 3.8) is 0 Å². The first-order chi connectivity index (χ1) is 15.2. The van der Waals surface area contributed by atoms with Gasteiger partial charge in [0.2, 0.25) is 0 Å². The lowest BCUT2D eigenvalue weighted by Crippen LogP contribution is -2.36. The van der Waals surface area contributed by atoms with Crippen molar-refractivity contribution in [1.29, 1.82) is 0 Å². The van der Waals surface area contributed by atoms with Gasteiger partial charge in [0.1, 0.15) is 0 Å². The van der Waals surface area contributed by atoms with Crippen molar-refractivity contribution in [2.45, 2.75) is 6.54 Å². The molecule has 4 rings (SSSR count). The monoisotopic (exact) mass is 429 g/mol. The molecule has 0 unspecified atom stereocenters. The molecule has 6 nitrogen and oxygen atoms in total. The summed E-state index contributed by atoms with van der Waals surface area (Å²) in [5, 5.41) is 18.3. The van der Waals surface area contributed by atoms with Crippen LogP contribution < -0.4 is 5.32 Å². The van der Waals surface area contributed by atoms with Gasteiger partial charge in [-0.2, -0.15) is 5.10 Å². The van der Waals surface area contributed by atoms with Gasteiger partial charge in [-0.1, -0.05) is 36.4 Å². The van der Waals surface area contributed by atoms with Gasteiger partial charge >= 0.3 is 0 Å². The summed E-state index contributed by atoms with van der Waals surface area (Å²) in [4.78, 5) is 6.19. The quantitative estimate of drug-likeness (QED) is 0.431. The molecule has 7 heteroatoms. The first kappa shape index (κ1) is 20.7. The molecule has 0 radical (unpaired) electrons. The van der Waals surface area contributed by atoms with Crippen molar-refractivity contribution in [3.8, 4) is 16.9 Å². The Morgan fingerprint density at radius 1 is 1.00 bits per heavy atom. The van der Waals surface area contributed by atoms with Gasteiger partial charge in [-0.05, 0) is 48.6 Å². The second-order valence-electron chi connectivity index (χ2n) is 6.97. The van der Waals surface area contributed by atoms with Crippen LogP contribution in [0, 0.1) is 0 Å². The second-order valence-corrected chi connectivity index (χ2v) is 7.35. The van der Waals surface area contributed by atoms with E-state index in [1.54, 1.807) is 12.4 Å². The molecule has 0 saturated carbocycles. The molecule has 0 saturated heterocycles. The zero-order valence-electron chi connectivity index (χ0n) is 16.9. The zero-order valence-corrected chi connectivity index (χ0v) is 17.7. The third-order valence-corrected chi connectivity index (χ3v) is 5.15. The standard InChI is InChI=1S/C24H23N5OS/c30-15-14-28(24(31)26-21-9-3-1-4-10-21)17-20-18-29(22-11-5-2-6-12-22)27-23(20)19-8-7-13-25-16-19/h1-13,16,18,30H,14-15,17H2,(H,26,31). The summed E-state index contributed by atoms with van der Waals surface area (Å²) in [5.74, 6) is 0. The predicted octanol–water partition coefficient (Wildman–Crippen LogP) is 4.13. The van der Waals surface area contributed by atoms with Crippen LogP contribution in [0.2, 0.25) is 0 Å². The maximum atomic E-state index is 9.64. The number of benzene rings is 2. The molecule has 0 atom stereocenters. The van der Waals surface area contributed by atoms with Gasteiger partial charge in [0, 0.05) is 48.5 Å². The Morgan fingerprint density at radius 3 is 2.42 bits per heavy atom. The van der Waals surface area contributed by atoms with E-state index in [4.69, 9.17) is 17.3 Å². The molecule has 2 aromatic heterocycles. The van der Waals surface area contributed by atoms with Crippen LogP contribution in [0.25, 0.3) is 16.9 Å². The molecule has 0 fully saturated rings. The van der Waals surface area contributed by atoms with E-state index in [2.05, 4.69) is 10.3 Å². The van der Waals surface area contributed by atoms with Crippen LogP contribution in [0.15, 0.2) is 91.4 Å². The molecule has 2 N–H and O–H groups in total. The van der Waals surface area contributed by atoms with Crippen LogP contribution in [0.3, 0.4) is 0 Å². The minimum Gasteiger partial charge on any atom is -0.395 e. The zero-order chi connectivity index (χ0) is 21.5. The fourth-order valence-electron chi connectivity index (χ4n) is 3.29. The average molecular weight is 430 g/mol. The molecule has 0 amide bonds. The summed E-state index contributed by atoms with van der Waals surface area (Å²) in [6.45, 7) is 0.892. The van der Waals surface area contributed by atoms with Crippen LogP contribution in [-0.4, -0.2) is 43.0 Å². The number of nitrogens with zero attached hydrogens (tertiary/aromatic N) is 4. The van der Waals surface area contributed by atoms with E-state index in [1.165, 1.54) is 0 Å². The number of aliphatic hydroxyl groups is 1. The van der Waals surface area contributed by atoms with Crippen LogP contribution >= 0.6 is 12.2 Å². The SMILES string of the molecule is OCCN(Cc1cn(-c2ccccc2)nc1-c1cccnc1)C(=S)Nc1ccccc1. The van der Waals surface area contributed by atoms with Crippen molar-refractivity contribution in [3.05, 3.63) is 97.0 Å². The largest absolute Gasteiger partial charge is 0.395 e. The Bertz CT molecular complexity index is 1120. The first-order valence-electron chi connectivity index (χ1n) is 10.0. The number of pyridine rings is 1. The molecule has 2 aromatic carbocycles. The van der Waals surface area contributed by atoms with Crippen molar-refractivity contribution in [1.82, 2.24) is 19.7 Å². The highest BCUT2D eigenvalue weighted by Crippen LogP contribution is 2.24. The number of nitrogens with one attached hydrogen (secondary N) is 1. The minimum atomic E-state index is -0.00828. The Labute approximate surface area is 186 Å². The number of thiocarbonyl (C=S) groups is 1. The van der Waals surface area contributed by atoms with E-state index in [-0.39, 0.29) is 6.61 Å². The molecule has 4 aromatic rings. The van der Waals surface area contributed by atoms with Crippen LogP contribution in [0.5, 0.6) is 0 Å². The summed E-state index contributed by atoms with van der Waals surface area (Å²) in [6.07, 6.45) is 5.56. The number of para-hydroxylation sites is 2. The highest BCUT2D eigenvalue weighted by atomic mass is 32.1. The van der Waals surface area contributed by atoms with Gasteiger partial charge in [0.25, 0.3) is 0 Å². The number of aliphatic hydroxyl groups excluding tert-OH is 1. The fourth-order valence-corrected chi connectivity index (χ4v) is 3.56. The molecule has 156 valence electrons. The van der Waals surface area contributed by atoms with Crippen LogP contribution in [-0.2, 0) is 6.54 Å². The molecular formula is C24H23N5OS. The van der Waals surface area contributed by atoms with Gasteiger partial charge in [0.05, 0.1) is 18.0 Å². The highest BCUT2D eigenvalue weighted by molar-refractivity contribution is 7.80. The summed E-state index contributed by atoms with van der Waals surface area (Å²) in [7, 11) is 0. The second kappa shape index (κ2) is 9.97. The van der Waals surface area contributed by atoms with E-state index in [0.717, 1.165) is 28.2 Å². The van der Waals surface area contributed by atoms with Crippen LogP contribution in [0.4, 0.5) is 5.69 Å². The Kier molecular flexibility index (Phi) is 6.66. The van der Waals surface area contributed by atoms with E-state index < -0.39 is 0 Å². The average Bonchev–Trinajstić information content (AvgIpc) is 3.24. The van der Waals surface area contributed by atoms with E-state index in [9.17, 15) is 5.11 Å². The Hall–Kier alpha value is -3.55. The maximum absolute atomic E-state index is 9.64. The highest BCUT2D eigenvalue weighted by Gasteiger charge is 2.17. The number of aromatic nitrogens is 3. The minimum absolute atomic E-state index is 0.00828. The summed E-state index contributed by atoms with van der Waals surface area (Å²) in [6, 6.07) is 23.6. The number of anilines is 1. The van der Waals surface area contributed by atoms with Gasteiger partial charge in [-0.25, -0.2) is 4.68 Å². The molecule has 0 aliphatic rings. The predicted molar refractivity (Wildman–Crippen MR) is 127 cm³/mol. The summed E-state index contributed by atoms with van der Waals surface area (Å²) in [5.41, 5.74) is 4.63. The van der Waals surface area contributed by atoms with Gasteiger partial charge in [-0.15, -0.1) is 0 Å². The maximum Gasteiger partial charge on any atom is 0.173 e. The van der Waals surface area contributed by atoms with E-state index in [1.807, 2.05) is 88.6 Å². The third kappa shape index (κ3) is 5.14. The molecule has 0 bridgehead atoms. The van der Waals surface area contributed by atoms with Crippen LogP contribution in [0.1, 0.15) is 5.56 Å². The van der Waals surface area contributed by atoms with Gasteiger partial charge < -0.3 is 15.3 Å². The van der Waals surface area contributed by atoms with Crippen molar-refractivity contribution in [2.24, 2.45) is 0 Å². The Morgan fingerprint density at radius 2 is 1.74 bits per heavy atom. The lowest BCUT2D eigenvalue weighted by molar-refractivity contribution is 0.248. The van der Waals surface area contributed by atoms with Crippen molar-refractivity contribution < 1.29 is 5.11 Å². The van der Waals surface area contributed by atoms with Crippen molar-refractivity contribution >= 4 is 23.0 Å².